The first-order valence-electron chi connectivity index (χ1n) is 4.23. The van der Waals surface area contributed by atoms with Crippen LogP contribution < -0.4 is 0 Å². The molecule has 0 aromatic heterocycles. The van der Waals surface area contributed by atoms with Gasteiger partial charge < -0.3 is 0 Å². The molecule has 6 heteroatoms. The molecule has 1 aliphatic heterocycles. The Morgan fingerprint density at radius 2 is 2.00 bits per heavy atom. The van der Waals surface area contributed by atoms with Crippen LogP contribution in [0.5, 0.6) is 0 Å². The minimum atomic E-state index is -1.71. The second-order valence-corrected chi connectivity index (χ2v) is 3.44. The fourth-order valence-corrected chi connectivity index (χ4v) is 1.43. The van der Waals surface area contributed by atoms with Crippen LogP contribution in [0.2, 0.25) is 0 Å². The molecule has 1 aromatic carbocycles. The summed E-state index contributed by atoms with van der Waals surface area (Å²) < 4.78 is 31.1. The number of halogens is 2. The first-order chi connectivity index (χ1) is 6.97. The second-order valence-electron chi connectivity index (χ2n) is 3.44. The number of hydrogen-bond donors (Lipinski definition) is 0. The van der Waals surface area contributed by atoms with E-state index in [1.807, 2.05) is 0 Å². The van der Waals surface area contributed by atoms with E-state index in [0.29, 0.717) is 0 Å². The fraction of sp³-hybridized carbons (Fsp3) is 0.333. The van der Waals surface area contributed by atoms with Crippen LogP contribution >= 0.6 is 0 Å². The maximum Gasteiger partial charge on any atom is 0.353 e. The predicted molar refractivity (Wildman–Crippen MR) is 45.6 cm³/mol. The number of epoxide rings is 1. The molecule has 0 aliphatic carbocycles. The Kier molecular flexibility index (Phi) is 1.97. The maximum atomic E-state index is 13.2. The molecule has 0 spiro atoms. The number of nitrogens with zero attached hydrogens (tertiary/aromatic N) is 1. The van der Waals surface area contributed by atoms with E-state index >= 15 is 0 Å². The van der Waals surface area contributed by atoms with Crippen molar-refractivity contribution in [2.24, 2.45) is 0 Å². The molecule has 2 atom stereocenters. The van der Waals surface area contributed by atoms with Gasteiger partial charge in [0.1, 0.15) is 11.6 Å². The Balaban J connectivity index is 2.39. The van der Waals surface area contributed by atoms with E-state index in [9.17, 15) is 18.9 Å². The van der Waals surface area contributed by atoms with E-state index in [1.165, 1.54) is 13.0 Å². The monoisotopic (exact) mass is 215 g/mol. The number of ether oxygens (including phenoxy) is 1. The zero-order chi connectivity index (χ0) is 11.2. The van der Waals surface area contributed by atoms with Crippen molar-refractivity contribution >= 4 is 0 Å². The molecule has 2 unspecified atom stereocenters. The molecule has 4 nitrogen and oxygen atoms in total. The van der Waals surface area contributed by atoms with Crippen molar-refractivity contribution < 1.29 is 18.4 Å². The third-order valence-corrected chi connectivity index (χ3v) is 2.41. The van der Waals surface area contributed by atoms with Gasteiger partial charge in [0.05, 0.1) is 10.5 Å². The summed E-state index contributed by atoms with van der Waals surface area (Å²) in [6, 6.07) is 3.28. The molecule has 15 heavy (non-hydrogen) atoms. The highest BCUT2D eigenvalue weighted by atomic mass is 19.1. The smallest absolute Gasteiger partial charge is 0.294 e. The summed E-state index contributed by atoms with van der Waals surface area (Å²) in [6.07, 6.45) is -1.14. The van der Waals surface area contributed by atoms with E-state index < -0.39 is 28.4 Å². The normalized spacial score (nSPS) is 28.9. The lowest BCUT2D eigenvalue weighted by atomic mass is 10.1. The number of nitro groups is 1. The van der Waals surface area contributed by atoms with Crippen molar-refractivity contribution in [1.82, 2.24) is 0 Å². The second kappa shape index (κ2) is 2.96. The van der Waals surface area contributed by atoms with Gasteiger partial charge >= 0.3 is 5.72 Å². The van der Waals surface area contributed by atoms with Crippen molar-refractivity contribution in [2.75, 3.05) is 0 Å². The maximum absolute atomic E-state index is 13.2. The molecule has 0 N–H and O–H groups in total. The Labute approximate surface area is 83.6 Å². The van der Waals surface area contributed by atoms with Gasteiger partial charge in [-0.1, -0.05) is 6.07 Å². The Morgan fingerprint density at radius 1 is 1.47 bits per heavy atom. The van der Waals surface area contributed by atoms with Gasteiger partial charge in [-0.3, -0.25) is 14.9 Å². The zero-order valence-electron chi connectivity index (χ0n) is 7.74. The minimum absolute atomic E-state index is 0.378. The Morgan fingerprint density at radius 3 is 2.40 bits per heavy atom. The van der Waals surface area contributed by atoms with Gasteiger partial charge in [0, 0.05) is 6.92 Å². The average Bonchev–Trinajstić information content (AvgIpc) is 2.79. The van der Waals surface area contributed by atoms with E-state index in [-0.39, 0.29) is 5.56 Å². The molecule has 2 rings (SSSR count). The molecule has 1 saturated heterocycles. The molecule has 1 aliphatic rings. The van der Waals surface area contributed by atoms with E-state index in [4.69, 9.17) is 4.74 Å². The van der Waals surface area contributed by atoms with Crippen LogP contribution in [-0.4, -0.2) is 10.6 Å². The van der Waals surface area contributed by atoms with Crippen LogP contribution in [0.25, 0.3) is 0 Å². The highest BCUT2D eigenvalue weighted by molar-refractivity contribution is 5.27. The first kappa shape index (κ1) is 9.97. The highest BCUT2D eigenvalue weighted by Crippen LogP contribution is 2.50. The average molecular weight is 215 g/mol. The number of rotatable bonds is 2. The molecular weight excluding hydrogens is 208 g/mol. The third kappa shape index (κ3) is 1.37. The summed E-state index contributed by atoms with van der Waals surface area (Å²) in [5.41, 5.74) is -2.08. The largest absolute Gasteiger partial charge is 0.353 e. The van der Waals surface area contributed by atoms with Gasteiger partial charge in [0.2, 0.25) is 0 Å². The van der Waals surface area contributed by atoms with Crippen LogP contribution in [0.1, 0.15) is 18.6 Å². The lowest BCUT2D eigenvalue weighted by molar-refractivity contribution is -0.558. The van der Waals surface area contributed by atoms with Gasteiger partial charge in [0.15, 0.2) is 6.10 Å². The number of hydrogen-bond acceptors (Lipinski definition) is 3. The van der Waals surface area contributed by atoms with E-state index in [1.54, 1.807) is 0 Å². The summed E-state index contributed by atoms with van der Waals surface area (Å²) >= 11 is 0. The van der Waals surface area contributed by atoms with Gasteiger partial charge in [-0.15, -0.1) is 0 Å². The van der Waals surface area contributed by atoms with Crippen molar-refractivity contribution in [2.45, 2.75) is 18.8 Å². The zero-order valence-corrected chi connectivity index (χ0v) is 7.74. The molecule has 1 aromatic rings. The standard InChI is InChI=1S/C9H7F2NO3/c1-9(12(13)14)8(15-9)7-5(10)3-2-4-6(7)11/h2-4,8H,1H3. The summed E-state index contributed by atoms with van der Waals surface area (Å²) in [5, 5.41) is 10.5. The molecular formula is C9H7F2NO3. The first-order valence-corrected chi connectivity index (χ1v) is 4.23. The SMILES string of the molecule is CC1([N+](=O)[O-])OC1c1c(F)cccc1F. The molecule has 0 saturated carbocycles. The highest BCUT2D eigenvalue weighted by Gasteiger charge is 2.67. The van der Waals surface area contributed by atoms with Gasteiger partial charge in [0.25, 0.3) is 0 Å². The molecule has 0 amide bonds. The number of benzene rings is 1. The molecule has 80 valence electrons. The molecule has 0 bridgehead atoms. The van der Waals surface area contributed by atoms with E-state index in [2.05, 4.69) is 0 Å². The molecule has 1 fully saturated rings. The van der Waals surface area contributed by atoms with Crippen LogP contribution in [0.4, 0.5) is 8.78 Å². The third-order valence-electron chi connectivity index (χ3n) is 2.41. The van der Waals surface area contributed by atoms with Crippen molar-refractivity contribution in [3.63, 3.8) is 0 Å². The van der Waals surface area contributed by atoms with Gasteiger partial charge in [-0.25, -0.2) is 8.78 Å². The lowest BCUT2D eigenvalue weighted by Gasteiger charge is -2.00. The quantitative estimate of drug-likeness (QED) is 0.431. The molecule has 0 radical (unpaired) electrons. The summed E-state index contributed by atoms with van der Waals surface area (Å²) in [7, 11) is 0. The Hall–Kier alpha value is -1.56. The predicted octanol–water partition coefficient (Wildman–Crippen LogP) is 2.03. The lowest BCUT2D eigenvalue weighted by Crippen LogP contribution is -2.19. The van der Waals surface area contributed by atoms with Crippen molar-refractivity contribution in [3.8, 4) is 0 Å². The fourth-order valence-electron chi connectivity index (χ4n) is 1.43. The summed E-state index contributed by atoms with van der Waals surface area (Å²) in [4.78, 5) is 9.83. The van der Waals surface area contributed by atoms with Gasteiger partial charge in [-0.2, -0.15) is 0 Å². The van der Waals surface area contributed by atoms with Crippen molar-refractivity contribution in [1.29, 1.82) is 0 Å². The van der Waals surface area contributed by atoms with Crippen LogP contribution in [-0.2, 0) is 4.74 Å². The van der Waals surface area contributed by atoms with Crippen LogP contribution in [0, 0.1) is 21.7 Å². The topological polar surface area (TPSA) is 55.7 Å². The van der Waals surface area contributed by atoms with E-state index in [0.717, 1.165) is 12.1 Å². The molecule has 1 heterocycles. The summed E-state index contributed by atoms with van der Waals surface area (Å²) in [5.74, 6) is -1.66. The summed E-state index contributed by atoms with van der Waals surface area (Å²) in [6.45, 7) is 1.18. The van der Waals surface area contributed by atoms with Gasteiger partial charge in [-0.05, 0) is 12.1 Å². The van der Waals surface area contributed by atoms with Crippen LogP contribution in [0.15, 0.2) is 18.2 Å². The van der Waals surface area contributed by atoms with Crippen molar-refractivity contribution in [3.05, 3.63) is 45.5 Å². The Bertz CT molecular complexity index is 417. The van der Waals surface area contributed by atoms with Crippen LogP contribution in [0.3, 0.4) is 0 Å². The minimum Gasteiger partial charge on any atom is -0.294 e.